The first-order valence-corrected chi connectivity index (χ1v) is 7.78. The Morgan fingerprint density at radius 1 is 1.39 bits per heavy atom. The van der Waals surface area contributed by atoms with Crippen LogP contribution in [0.25, 0.3) is 0 Å². The number of halogens is 2. The molecule has 120 valence electrons. The van der Waals surface area contributed by atoms with Gasteiger partial charge in [-0.25, -0.2) is 23.4 Å². The molecular weight excluding hydrogens is 322 g/mol. The molecule has 0 fully saturated rings. The molecule has 8 heteroatoms. The van der Waals surface area contributed by atoms with Crippen molar-refractivity contribution in [3.8, 4) is 0 Å². The molecule has 3 rings (SSSR count). The van der Waals surface area contributed by atoms with Crippen molar-refractivity contribution in [2.24, 2.45) is 0 Å². The molecule has 0 aliphatic rings. The Labute approximate surface area is 135 Å². The summed E-state index contributed by atoms with van der Waals surface area (Å²) in [5.74, 6) is -2.03. The molecule has 5 nitrogen and oxygen atoms in total. The molecule has 2 unspecified atom stereocenters. The van der Waals surface area contributed by atoms with Crippen LogP contribution in [0.1, 0.15) is 23.4 Å². The van der Waals surface area contributed by atoms with Gasteiger partial charge >= 0.3 is 0 Å². The average Bonchev–Trinajstić information content (AvgIpc) is 3.19. The fourth-order valence-corrected chi connectivity index (χ4v) is 3.29. The van der Waals surface area contributed by atoms with Crippen LogP contribution >= 0.6 is 11.3 Å². The van der Waals surface area contributed by atoms with Crippen LogP contribution in [0.3, 0.4) is 0 Å². The van der Waals surface area contributed by atoms with Gasteiger partial charge in [0.15, 0.2) is 0 Å². The van der Waals surface area contributed by atoms with Gasteiger partial charge in [0.05, 0.1) is 11.6 Å². The normalized spacial score (nSPS) is 15.3. The zero-order valence-corrected chi connectivity index (χ0v) is 13.0. The molecule has 2 heterocycles. The predicted molar refractivity (Wildman–Crippen MR) is 80.8 cm³/mol. The minimum absolute atomic E-state index is 0.00269. The topological polar surface area (TPSA) is 63.8 Å². The summed E-state index contributed by atoms with van der Waals surface area (Å²) in [5, 5.41) is 17.7. The first kappa shape index (κ1) is 15.7. The Morgan fingerprint density at radius 2 is 2.22 bits per heavy atom. The third-order valence-electron chi connectivity index (χ3n) is 3.81. The van der Waals surface area contributed by atoms with Gasteiger partial charge in [0.1, 0.15) is 29.9 Å². The summed E-state index contributed by atoms with van der Waals surface area (Å²) in [6.45, 7) is 1.72. The van der Waals surface area contributed by atoms with Crippen LogP contribution in [0.15, 0.2) is 42.4 Å². The lowest BCUT2D eigenvalue weighted by atomic mass is 9.82. The van der Waals surface area contributed by atoms with Crippen LogP contribution in [0.4, 0.5) is 8.78 Å². The maximum absolute atomic E-state index is 14.3. The van der Waals surface area contributed by atoms with Crippen molar-refractivity contribution in [2.75, 3.05) is 0 Å². The number of benzene rings is 1. The van der Waals surface area contributed by atoms with Crippen molar-refractivity contribution in [3.63, 3.8) is 0 Å². The highest BCUT2D eigenvalue weighted by molar-refractivity contribution is 7.09. The largest absolute Gasteiger partial charge is 0.382 e. The number of aromatic nitrogens is 4. The van der Waals surface area contributed by atoms with E-state index in [1.807, 2.05) is 0 Å². The molecule has 1 aromatic carbocycles. The van der Waals surface area contributed by atoms with Crippen molar-refractivity contribution in [3.05, 3.63) is 64.6 Å². The van der Waals surface area contributed by atoms with E-state index in [1.165, 1.54) is 34.7 Å². The van der Waals surface area contributed by atoms with Crippen LogP contribution in [-0.2, 0) is 12.1 Å². The van der Waals surface area contributed by atoms with E-state index in [-0.39, 0.29) is 12.1 Å². The Hall–Kier alpha value is -2.19. The Bertz CT molecular complexity index is 779. The van der Waals surface area contributed by atoms with Gasteiger partial charge in [0.25, 0.3) is 0 Å². The molecule has 3 aromatic rings. The van der Waals surface area contributed by atoms with E-state index >= 15 is 0 Å². The lowest BCUT2D eigenvalue weighted by molar-refractivity contribution is -0.0112. The maximum atomic E-state index is 14.3. The van der Waals surface area contributed by atoms with Crippen molar-refractivity contribution in [2.45, 2.75) is 25.0 Å². The number of hydrogen-bond acceptors (Lipinski definition) is 5. The average molecular weight is 336 g/mol. The molecule has 1 N–H and O–H groups in total. The highest BCUT2D eigenvalue weighted by Gasteiger charge is 2.41. The van der Waals surface area contributed by atoms with Crippen molar-refractivity contribution >= 4 is 11.3 Å². The Balaban J connectivity index is 2.08. The third-order valence-corrected chi connectivity index (χ3v) is 4.76. The fourth-order valence-electron chi connectivity index (χ4n) is 2.51. The molecule has 2 atom stereocenters. The minimum atomic E-state index is -1.65. The summed E-state index contributed by atoms with van der Waals surface area (Å²) in [6, 6.07) is 3.14. The summed E-state index contributed by atoms with van der Waals surface area (Å²) in [4.78, 5) is 8.03. The van der Waals surface area contributed by atoms with Crippen LogP contribution in [0, 0.1) is 11.6 Å². The Kier molecular flexibility index (Phi) is 4.18. The van der Waals surface area contributed by atoms with Crippen LogP contribution in [0.5, 0.6) is 0 Å². The molecule has 0 aliphatic heterocycles. The number of rotatable bonds is 5. The van der Waals surface area contributed by atoms with Crippen molar-refractivity contribution < 1.29 is 13.9 Å². The van der Waals surface area contributed by atoms with Crippen LogP contribution < -0.4 is 0 Å². The van der Waals surface area contributed by atoms with Gasteiger partial charge < -0.3 is 5.11 Å². The molecule has 0 bridgehead atoms. The van der Waals surface area contributed by atoms with Gasteiger partial charge in [0.2, 0.25) is 0 Å². The second-order valence-corrected chi connectivity index (χ2v) is 6.16. The first-order valence-electron chi connectivity index (χ1n) is 6.90. The monoisotopic (exact) mass is 336 g/mol. The SMILES string of the molecule is CC(c1nccs1)C(O)(Cn1cncn1)c1ccc(F)cc1F. The molecule has 0 amide bonds. The first-order chi connectivity index (χ1) is 11.0. The van der Waals surface area contributed by atoms with Gasteiger partial charge in [-0.15, -0.1) is 11.3 Å². The molecule has 0 saturated heterocycles. The lowest BCUT2D eigenvalue weighted by Gasteiger charge is -2.33. The van der Waals surface area contributed by atoms with Gasteiger partial charge in [-0.3, -0.25) is 0 Å². The number of aliphatic hydroxyl groups is 1. The second kappa shape index (κ2) is 6.13. The van der Waals surface area contributed by atoms with E-state index in [4.69, 9.17) is 0 Å². The molecular formula is C15H14F2N4OS. The molecule has 0 saturated carbocycles. The van der Waals surface area contributed by atoms with E-state index in [1.54, 1.807) is 18.5 Å². The van der Waals surface area contributed by atoms with Crippen molar-refractivity contribution in [1.29, 1.82) is 0 Å². The Morgan fingerprint density at radius 3 is 2.83 bits per heavy atom. The molecule has 2 aromatic heterocycles. The molecule has 0 spiro atoms. The summed E-state index contributed by atoms with van der Waals surface area (Å²) >= 11 is 1.36. The fraction of sp³-hybridized carbons (Fsp3) is 0.267. The van der Waals surface area contributed by atoms with E-state index in [2.05, 4.69) is 15.1 Å². The third kappa shape index (κ3) is 2.99. The highest BCUT2D eigenvalue weighted by atomic mass is 32.1. The molecule has 0 radical (unpaired) electrons. The summed E-state index contributed by atoms with van der Waals surface area (Å²) in [7, 11) is 0. The summed E-state index contributed by atoms with van der Waals surface area (Å²) in [6.07, 6.45) is 4.38. The summed E-state index contributed by atoms with van der Waals surface area (Å²) < 4.78 is 29.0. The summed E-state index contributed by atoms with van der Waals surface area (Å²) in [5.41, 5.74) is -1.65. The second-order valence-electron chi connectivity index (χ2n) is 5.23. The molecule has 0 aliphatic carbocycles. The highest BCUT2D eigenvalue weighted by Crippen LogP contribution is 2.40. The van der Waals surface area contributed by atoms with Crippen molar-refractivity contribution in [1.82, 2.24) is 19.7 Å². The number of nitrogens with zero attached hydrogens (tertiary/aromatic N) is 4. The van der Waals surface area contributed by atoms with Gasteiger partial charge in [-0.1, -0.05) is 13.0 Å². The predicted octanol–water partition coefficient (Wildman–Crippen LogP) is 2.70. The molecule has 23 heavy (non-hydrogen) atoms. The zero-order valence-electron chi connectivity index (χ0n) is 12.2. The maximum Gasteiger partial charge on any atom is 0.137 e. The van der Waals surface area contributed by atoms with E-state index < -0.39 is 23.2 Å². The lowest BCUT2D eigenvalue weighted by Crippen LogP contribution is -2.38. The number of thiazole rings is 1. The number of hydrogen-bond donors (Lipinski definition) is 1. The van der Waals surface area contributed by atoms with E-state index in [9.17, 15) is 13.9 Å². The zero-order chi connectivity index (χ0) is 16.4. The van der Waals surface area contributed by atoms with Gasteiger partial charge in [0, 0.05) is 29.1 Å². The standard InChI is InChI=1S/C15H14F2N4OS/c1-10(14-19-4-5-23-14)15(22,7-21-9-18-8-20-21)12-3-2-11(16)6-13(12)17/h2-6,8-10,22H,7H2,1H3. The minimum Gasteiger partial charge on any atom is -0.382 e. The quantitative estimate of drug-likeness (QED) is 0.778. The van der Waals surface area contributed by atoms with Gasteiger partial charge in [-0.2, -0.15) is 5.10 Å². The van der Waals surface area contributed by atoms with Crippen LogP contribution in [0.2, 0.25) is 0 Å². The van der Waals surface area contributed by atoms with E-state index in [0.717, 1.165) is 12.1 Å². The van der Waals surface area contributed by atoms with Crippen LogP contribution in [-0.4, -0.2) is 24.9 Å². The van der Waals surface area contributed by atoms with E-state index in [0.29, 0.717) is 5.01 Å². The van der Waals surface area contributed by atoms with Gasteiger partial charge in [-0.05, 0) is 6.07 Å². The smallest absolute Gasteiger partial charge is 0.137 e.